The van der Waals surface area contributed by atoms with Crippen LogP contribution in [-0.2, 0) is 6.54 Å². The van der Waals surface area contributed by atoms with Crippen molar-refractivity contribution in [1.82, 2.24) is 15.6 Å². The maximum atomic E-state index is 5.97. The van der Waals surface area contributed by atoms with Crippen LogP contribution in [0.25, 0.3) is 10.6 Å². The van der Waals surface area contributed by atoms with Gasteiger partial charge in [-0.15, -0.1) is 35.3 Å². The van der Waals surface area contributed by atoms with Crippen LogP contribution in [0.4, 0.5) is 0 Å². The minimum atomic E-state index is -0.0613. The van der Waals surface area contributed by atoms with Crippen molar-refractivity contribution >= 4 is 41.3 Å². The van der Waals surface area contributed by atoms with E-state index in [9.17, 15) is 0 Å². The largest absolute Gasteiger partial charge is 0.493 e. The molecule has 30 heavy (non-hydrogen) atoms. The second-order valence-electron chi connectivity index (χ2n) is 6.40. The van der Waals surface area contributed by atoms with E-state index in [1.165, 1.54) is 0 Å². The quantitative estimate of drug-likeness (QED) is 0.250. The smallest absolute Gasteiger partial charge is 0.191 e. The van der Waals surface area contributed by atoms with E-state index in [2.05, 4.69) is 33.1 Å². The summed E-state index contributed by atoms with van der Waals surface area (Å²) in [5.74, 6) is 2.15. The van der Waals surface area contributed by atoms with Gasteiger partial charge in [0.1, 0.15) is 11.1 Å². The number of nitrogens with one attached hydrogen (secondary N) is 2. The molecule has 1 heterocycles. The summed E-state index contributed by atoms with van der Waals surface area (Å²) >= 11 is 1.64. The SMILES string of the molecule is CN=C(NCc1csc(-c2ccccc2)n1)NCC(C)Oc1ccccc1OC.I. The molecule has 0 amide bonds. The van der Waals surface area contributed by atoms with Crippen LogP contribution in [0.5, 0.6) is 11.5 Å². The lowest BCUT2D eigenvalue weighted by atomic mass is 10.2. The highest BCUT2D eigenvalue weighted by Gasteiger charge is 2.10. The molecular weight excluding hydrogens is 511 g/mol. The van der Waals surface area contributed by atoms with Gasteiger partial charge in [0.15, 0.2) is 17.5 Å². The van der Waals surface area contributed by atoms with Crippen LogP contribution in [0.2, 0.25) is 0 Å². The zero-order valence-electron chi connectivity index (χ0n) is 17.3. The third-order valence-corrected chi connectivity index (χ3v) is 5.13. The number of nitrogens with zero attached hydrogens (tertiary/aromatic N) is 2. The first kappa shape index (κ1) is 23.9. The fourth-order valence-corrected chi connectivity index (χ4v) is 3.54. The Balaban J connectivity index is 0.00000320. The van der Waals surface area contributed by atoms with Crippen LogP contribution in [0.15, 0.2) is 65.0 Å². The number of ether oxygens (including phenoxy) is 2. The molecule has 0 fully saturated rings. The third-order valence-electron chi connectivity index (χ3n) is 4.19. The van der Waals surface area contributed by atoms with Gasteiger partial charge in [0.05, 0.1) is 25.9 Å². The molecule has 1 unspecified atom stereocenters. The van der Waals surface area contributed by atoms with Crippen molar-refractivity contribution in [3.05, 3.63) is 65.7 Å². The molecule has 2 aromatic carbocycles. The van der Waals surface area contributed by atoms with E-state index >= 15 is 0 Å². The van der Waals surface area contributed by atoms with Gasteiger partial charge in [0, 0.05) is 18.0 Å². The van der Waals surface area contributed by atoms with Crippen molar-refractivity contribution in [2.24, 2.45) is 4.99 Å². The monoisotopic (exact) mass is 538 g/mol. The second kappa shape index (κ2) is 12.4. The fourth-order valence-electron chi connectivity index (χ4n) is 2.71. The summed E-state index contributed by atoms with van der Waals surface area (Å²) in [6, 6.07) is 17.8. The topological polar surface area (TPSA) is 67.8 Å². The Bertz CT molecular complexity index is 934. The van der Waals surface area contributed by atoms with Crippen LogP contribution in [0.3, 0.4) is 0 Å². The molecule has 6 nitrogen and oxygen atoms in total. The number of methoxy groups -OCH3 is 1. The molecule has 0 saturated carbocycles. The van der Waals surface area contributed by atoms with E-state index in [4.69, 9.17) is 14.5 Å². The first-order valence-corrected chi connectivity index (χ1v) is 10.3. The number of hydrogen-bond acceptors (Lipinski definition) is 5. The number of aliphatic imine (C=N–C) groups is 1. The summed E-state index contributed by atoms with van der Waals surface area (Å²) in [6.45, 7) is 3.20. The van der Waals surface area contributed by atoms with Gasteiger partial charge in [-0.25, -0.2) is 4.98 Å². The Morgan fingerprint density at radius 2 is 1.77 bits per heavy atom. The van der Waals surface area contributed by atoms with Crippen molar-refractivity contribution in [2.75, 3.05) is 20.7 Å². The van der Waals surface area contributed by atoms with Crippen LogP contribution < -0.4 is 20.1 Å². The van der Waals surface area contributed by atoms with Crippen molar-refractivity contribution < 1.29 is 9.47 Å². The molecule has 2 N–H and O–H groups in total. The van der Waals surface area contributed by atoms with Crippen molar-refractivity contribution in [3.8, 4) is 22.1 Å². The molecule has 1 aromatic heterocycles. The summed E-state index contributed by atoms with van der Waals surface area (Å²) in [5.41, 5.74) is 2.11. The average molecular weight is 538 g/mol. The number of thiazole rings is 1. The summed E-state index contributed by atoms with van der Waals surface area (Å²) < 4.78 is 11.3. The van der Waals surface area contributed by atoms with Crippen molar-refractivity contribution in [3.63, 3.8) is 0 Å². The van der Waals surface area contributed by atoms with Gasteiger partial charge in [0.2, 0.25) is 0 Å². The molecule has 3 aromatic rings. The van der Waals surface area contributed by atoms with Gasteiger partial charge in [-0.05, 0) is 19.1 Å². The zero-order chi connectivity index (χ0) is 20.5. The minimum absolute atomic E-state index is 0. The van der Waals surface area contributed by atoms with Crippen molar-refractivity contribution in [1.29, 1.82) is 0 Å². The minimum Gasteiger partial charge on any atom is -0.493 e. The summed E-state index contributed by atoms with van der Waals surface area (Å²) in [4.78, 5) is 8.96. The Morgan fingerprint density at radius 1 is 1.07 bits per heavy atom. The lowest BCUT2D eigenvalue weighted by Crippen LogP contribution is -2.41. The maximum Gasteiger partial charge on any atom is 0.191 e. The van der Waals surface area contributed by atoms with Gasteiger partial charge in [-0.3, -0.25) is 4.99 Å². The summed E-state index contributed by atoms with van der Waals surface area (Å²) in [5, 5.41) is 9.66. The van der Waals surface area contributed by atoms with E-state index in [0.29, 0.717) is 19.0 Å². The van der Waals surface area contributed by atoms with Gasteiger partial charge in [-0.2, -0.15) is 0 Å². The van der Waals surface area contributed by atoms with E-state index in [-0.39, 0.29) is 30.1 Å². The summed E-state index contributed by atoms with van der Waals surface area (Å²) in [6.07, 6.45) is -0.0613. The molecule has 0 saturated heterocycles. The normalized spacial score (nSPS) is 11.9. The van der Waals surface area contributed by atoms with Crippen molar-refractivity contribution in [2.45, 2.75) is 19.6 Å². The third kappa shape index (κ3) is 6.88. The Hall–Kier alpha value is -2.33. The highest BCUT2D eigenvalue weighted by atomic mass is 127. The lowest BCUT2D eigenvalue weighted by molar-refractivity contribution is 0.213. The van der Waals surface area contributed by atoms with E-state index in [0.717, 1.165) is 27.8 Å². The molecule has 0 aliphatic rings. The lowest BCUT2D eigenvalue weighted by Gasteiger charge is -2.18. The van der Waals surface area contributed by atoms with E-state index in [1.54, 1.807) is 25.5 Å². The standard InChI is InChI=1S/C22H26N4O2S.HI/c1-16(28-20-12-8-7-11-19(20)27-3)13-24-22(23-2)25-14-18-15-29-21(26-18)17-9-5-4-6-10-17;/h4-12,15-16H,13-14H2,1-3H3,(H2,23,24,25);1H. The number of benzene rings is 2. The second-order valence-corrected chi connectivity index (χ2v) is 7.25. The Kier molecular flexibility index (Phi) is 9.88. The Morgan fingerprint density at radius 3 is 2.47 bits per heavy atom. The Labute approximate surface area is 198 Å². The number of guanidine groups is 1. The highest BCUT2D eigenvalue weighted by molar-refractivity contribution is 14.0. The highest BCUT2D eigenvalue weighted by Crippen LogP contribution is 2.26. The first-order chi connectivity index (χ1) is 14.2. The maximum absolute atomic E-state index is 5.97. The molecule has 160 valence electrons. The van der Waals surface area contributed by atoms with Crippen LogP contribution in [0.1, 0.15) is 12.6 Å². The van der Waals surface area contributed by atoms with E-state index < -0.39 is 0 Å². The molecular formula is C22H27IN4O2S. The predicted molar refractivity (Wildman–Crippen MR) is 134 cm³/mol. The molecule has 8 heteroatoms. The molecule has 0 aliphatic carbocycles. The molecule has 0 aliphatic heterocycles. The first-order valence-electron chi connectivity index (χ1n) is 9.43. The molecule has 0 spiro atoms. The predicted octanol–water partition coefficient (Wildman–Crippen LogP) is 4.57. The zero-order valence-corrected chi connectivity index (χ0v) is 20.4. The molecule has 3 rings (SSSR count). The molecule has 1 atom stereocenters. The van der Waals surface area contributed by atoms with Gasteiger partial charge < -0.3 is 20.1 Å². The summed E-state index contributed by atoms with van der Waals surface area (Å²) in [7, 11) is 3.39. The number of para-hydroxylation sites is 2. The van der Waals surface area contributed by atoms with Gasteiger partial charge >= 0.3 is 0 Å². The average Bonchev–Trinajstić information content (AvgIpc) is 3.24. The number of aromatic nitrogens is 1. The van der Waals surface area contributed by atoms with E-state index in [1.807, 2.05) is 49.4 Å². The van der Waals surface area contributed by atoms with Crippen LogP contribution in [0, 0.1) is 0 Å². The van der Waals surface area contributed by atoms with Crippen LogP contribution in [-0.4, -0.2) is 37.7 Å². The molecule has 0 bridgehead atoms. The number of hydrogen-bond donors (Lipinski definition) is 2. The fraction of sp³-hybridized carbons (Fsp3) is 0.273. The van der Waals surface area contributed by atoms with Gasteiger partial charge in [-0.1, -0.05) is 42.5 Å². The van der Waals surface area contributed by atoms with Crippen LogP contribution >= 0.6 is 35.3 Å². The number of rotatable bonds is 8. The molecule has 0 radical (unpaired) electrons. The van der Waals surface area contributed by atoms with Gasteiger partial charge in [0.25, 0.3) is 0 Å². The number of halogens is 1.